The first-order valence-electron chi connectivity index (χ1n) is 8.75. The zero-order valence-electron chi connectivity index (χ0n) is 14.8. The normalized spacial score (nSPS) is 18.2. The van der Waals surface area contributed by atoms with E-state index in [2.05, 4.69) is 0 Å². The summed E-state index contributed by atoms with van der Waals surface area (Å²) in [7, 11) is 0. The SMILES string of the molecule is N#Cc1ccc(N2C(=O)C3(CCC3)N(c3ccc(F)cc3)C2=S)cc1C(F)(F)F. The Kier molecular flexibility index (Phi) is 4.35. The molecule has 0 N–H and O–H groups in total. The highest BCUT2D eigenvalue weighted by molar-refractivity contribution is 7.81. The number of hydrogen-bond acceptors (Lipinski definition) is 3. The summed E-state index contributed by atoms with van der Waals surface area (Å²) in [5.74, 6) is -0.873. The Morgan fingerprint density at radius 3 is 2.21 bits per heavy atom. The molecule has 2 aliphatic rings. The zero-order valence-corrected chi connectivity index (χ0v) is 15.6. The Morgan fingerprint density at radius 2 is 1.69 bits per heavy atom. The predicted molar refractivity (Wildman–Crippen MR) is 102 cm³/mol. The average molecular weight is 419 g/mol. The second-order valence-electron chi connectivity index (χ2n) is 6.96. The number of benzene rings is 2. The van der Waals surface area contributed by atoms with E-state index < -0.39 is 34.6 Å². The molecule has 9 heteroatoms. The third kappa shape index (κ3) is 2.86. The first kappa shape index (κ1) is 19.3. The van der Waals surface area contributed by atoms with Crippen molar-refractivity contribution in [1.29, 1.82) is 5.26 Å². The van der Waals surface area contributed by atoms with Gasteiger partial charge in [-0.05, 0) is 73.9 Å². The van der Waals surface area contributed by atoms with E-state index in [-0.39, 0.29) is 10.8 Å². The summed E-state index contributed by atoms with van der Waals surface area (Å²) in [4.78, 5) is 15.9. The van der Waals surface area contributed by atoms with E-state index >= 15 is 0 Å². The summed E-state index contributed by atoms with van der Waals surface area (Å²) in [6, 6.07) is 10.0. The van der Waals surface area contributed by atoms with Gasteiger partial charge in [0.25, 0.3) is 5.91 Å². The summed E-state index contributed by atoms with van der Waals surface area (Å²) in [5, 5.41) is 9.02. The first-order chi connectivity index (χ1) is 13.7. The molecule has 2 aromatic rings. The van der Waals surface area contributed by atoms with E-state index in [0.717, 1.165) is 23.5 Å². The number of thiocarbonyl (C=S) groups is 1. The minimum absolute atomic E-state index is 0.0270. The molecular formula is C20H13F4N3OS. The minimum Gasteiger partial charge on any atom is -0.303 e. The van der Waals surface area contributed by atoms with Gasteiger partial charge < -0.3 is 4.90 Å². The molecule has 4 nitrogen and oxygen atoms in total. The van der Waals surface area contributed by atoms with E-state index in [1.165, 1.54) is 36.4 Å². The van der Waals surface area contributed by atoms with Crippen molar-refractivity contribution in [2.24, 2.45) is 0 Å². The topological polar surface area (TPSA) is 47.3 Å². The Morgan fingerprint density at radius 1 is 1.07 bits per heavy atom. The average Bonchev–Trinajstić information content (AvgIpc) is 2.88. The molecule has 1 heterocycles. The fraction of sp³-hybridized carbons (Fsp3) is 0.250. The molecule has 4 rings (SSSR count). The molecule has 1 saturated carbocycles. The highest BCUT2D eigenvalue weighted by Crippen LogP contribution is 2.48. The zero-order chi connectivity index (χ0) is 21.0. The molecule has 1 saturated heterocycles. The van der Waals surface area contributed by atoms with Crippen molar-refractivity contribution in [3.05, 3.63) is 59.4 Å². The Bertz CT molecular complexity index is 1050. The monoisotopic (exact) mass is 419 g/mol. The number of anilines is 2. The second kappa shape index (κ2) is 6.52. The number of rotatable bonds is 2. The van der Waals surface area contributed by atoms with Crippen molar-refractivity contribution in [1.82, 2.24) is 0 Å². The lowest BCUT2D eigenvalue weighted by Gasteiger charge is -2.43. The molecule has 2 fully saturated rings. The molecule has 1 amide bonds. The van der Waals surface area contributed by atoms with Crippen LogP contribution in [0.25, 0.3) is 0 Å². The van der Waals surface area contributed by atoms with Gasteiger partial charge in [-0.15, -0.1) is 0 Å². The Hall–Kier alpha value is -2.99. The van der Waals surface area contributed by atoms with Crippen LogP contribution < -0.4 is 9.80 Å². The molecule has 0 unspecified atom stereocenters. The summed E-state index contributed by atoms with van der Waals surface area (Å²) < 4.78 is 53.5. The van der Waals surface area contributed by atoms with Crippen LogP contribution in [0, 0.1) is 17.1 Å². The summed E-state index contributed by atoms with van der Waals surface area (Å²) in [6.07, 6.45) is -3.01. The lowest BCUT2D eigenvalue weighted by Crippen LogP contribution is -2.55. The van der Waals surface area contributed by atoms with Gasteiger partial charge in [-0.25, -0.2) is 4.39 Å². The van der Waals surface area contributed by atoms with Gasteiger partial charge >= 0.3 is 6.18 Å². The molecular weight excluding hydrogens is 406 g/mol. The van der Waals surface area contributed by atoms with E-state index in [1.807, 2.05) is 0 Å². The van der Waals surface area contributed by atoms with Crippen molar-refractivity contribution in [3.8, 4) is 6.07 Å². The molecule has 1 spiro atoms. The van der Waals surface area contributed by atoms with Crippen molar-refractivity contribution >= 4 is 34.6 Å². The van der Waals surface area contributed by atoms with Crippen LogP contribution in [0.15, 0.2) is 42.5 Å². The van der Waals surface area contributed by atoms with Gasteiger partial charge in [-0.3, -0.25) is 9.69 Å². The molecule has 1 aliphatic heterocycles. The maximum Gasteiger partial charge on any atom is 0.417 e. The van der Waals surface area contributed by atoms with Crippen molar-refractivity contribution in [2.45, 2.75) is 31.0 Å². The molecule has 0 bridgehead atoms. The minimum atomic E-state index is -4.75. The van der Waals surface area contributed by atoms with Crippen molar-refractivity contribution < 1.29 is 22.4 Å². The lowest BCUT2D eigenvalue weighted by molar-refractivity contribution is -0.137. The maximum atomic E-state index is 13.4. The second-order valence-corrected chi connectivity index (χ2v) is 7.32. The first-order valence-corrected chi connectivity index (χ1v) is 9.15. The van der Waals surface area contributed by atoms with Gasteiger partial charge in [0.1, 0.15) is 11.4 Å². The fourth-order valence-corrected chi connectivity index (χ4v) is 4.27. The Balaban J connectivity index is 1.82. The van der Waals surface area contributed by atoms with Gasteiger partial charge in [0, 0.05) is 5.69 Å². The molecule has 1 aliphatic carbocycles. The molecule has 0 atom stereocenters. The number of carbonyl (C=O) groups excluding carboxylic acids is 1. The number of nitrogens with zero attached hydrogens (tertiary/aromatic N) is 3. The van der Waals surface area contributed by atoms with Crippen LogP contribution in [0.2, 0.25) is 0 Å². The van der Waals surface area contributed by atoms with E-state index in [1.54, 1.807) is 4.90 Å². The summed E-state index contributed by atoms with van der Waals surface area (Å²) >= 11 is 5.47. The lowest BCUT2D eigenvalue weighted by atomic mass is 9.75. The van der Waals surface area contributed by atoms with Crippen LogP contribution in [-0.4, -0.2) is 16.6 Å². The third-order valence-electron chi connectivity index (χ3n) is 5.36. The smallest absolute Gasteiger partial charge is 0.303 e. The molecule has 0 aromatic heterocycles. The van der Waals surface area contributed by atoms with E-state index in [4.69, 9.17) is 17.5 Å². The van der Waals surface area contributed by atoms with Gasteiger partial charge in [0.2, 0.25) is 0 Å². The van der Waals surface area contributed by atoms with Crippen LogP contribution in [0.5, 0.6) is 0 Å². The standard InChI is InChI=1S/C20H13F4N3OS/c21-13-3-6-14(7-4-13)27-18(29)26(17(28)19(27)8-1-9-19)15-5-2-12(11-25)16(10-15)20(22,23)24/h2-7,10H,1,8-9H2. The number of hydrogen-bond donors (Lipinski definition) is 0. The van der Waals surface area contributed by atoms with Gasteiger partial charge in [0.05, 0.1) is 22.9 Å². The van der Waals surface area contributed by atoms with E-state index in [9.17, 15) is 22.4 Å². The predicted octanol–water partition coefficient (Wildman–Crippen LogP) is 4.78. The largest absolute Gasteiger partial charge is 0.417 e. The number of alkyl halides is 3. The highest BCUT2D eigenvalue weighted by Gasteiger charge is 2.59. The molecule has 0 radical (unpaired) electrons. The number of carbonyl (C=O) groups is 1. The van der Waals surface area contributed by atoms with Crippen LogP contribution in [0.1, 0.15) is 30.4 Å². The van der Waals surface area contributed by atoms with E-state index in [0.29, 0.717) is 18.5 Å². The summed E-state index contributed by atoms with van der Waals surface area (Å²) in [6.45, 7) is 0. The van der Waals surface area contributed by atoms with Gasteiger partial charge in [-0.2, -0.15) is 18.4 Å². The van der Waals surface area contributed by atoms with Crippen molar-refractivity contribution in [3.63, 3.8) is 0 Å². The van der Waals surface area contributed by atoms with Gasteiger partial charge in [0.15, 0.2) is 5.11 Å². The number of amides is 1. The van der Waals surface area contributed by atoms with Crippen LogP contribution in [-0.2, 0) is 11.0 Å². The molecule has 2 aromatic carbocycles. The van der Waals surface area contributed by atoms with Crippen LogP contribution >= 0.6 is 12.2 Å². The number of halogens is 4. The summed E-state index contributed by atoms with van der Waals surface area (Å²) in [5.41, 5.74) is -2.20. The number of nitriles is 1. The fourth-order valence-electron chi connectivity index (χ4n) is 3.80. The molecule has 29 heavy (non-hydrogen) atoms. The maximum absolute atomic E-state index is 13.4. The van der Waals surface area contributed by atoms with Crippen LogP contribution in [0.3, 0.4) is 0 Å². The van der Waals surface area contributed by atoms with Gasteiger partial charge in [-0.1, -0.05) is 0 Å². The van der Waals surface area contributed by atoms with Crippen LogP contribution in [0.4, 0.5) is 28.9 Å². The molecule has 148 valence electrons. The quantitative estimate of drug-likeness (QED) is 0.519. The van der Waals surface area contributed by atoms with Crippen molar-refractivity contribution in [2.75, 3.05) is 9.80 Å². The highest BCUT2D eigenvalue weighted by atomic mass is 32.1. The Labute approximate surface area is 168 Å². The third-order valence-corrected chi connectivity index (χ3v) is 5.73.